The van der Waals surface area contributed by atoms with Crippen LogP contribution in [-0.4, -0.2) is 56.7 Å². The number of rotatable bonds is 3. The van der Waals surface area contributed by atoms with Gasteiger partial charge in [-0.25, -0.2) is 17.2 Å². The molecule has 35 heavy (non-hydrogen) atoms. The summed E-state index contributed by atoms with van der Waals surface area (Å²) >= 11 is 5.97. The Morgan fingerprint density at radius 1 is 1.09 bits per heavy atom. The number of ether oxygens (including phenoxy) is 1. The molecule has 0 spiro atoms. The van der Waals surface area contributed by atoms with Gasteiger partial charge in [-0.2, -0.15) is 17.0 Å². The zero-order valence-corrected chi connectivity index (χ0v) is 21.6. The summed E-state index contributed by atoms with van der Waals surface area (Å²) in [5.74, 6) is -2.37. The van der Waals surface area contributed by atoms with Crippen LogP contribution in [0.5, 0.6) is 5.75 Å². The van der Waals surface area contributed by atoms with Crippen LogP contribution in [-0.2, 0) is 24.8 Å². The van der Waals surface area contributed by atoms with E-state index >= 15 is 4.39 Å². The predicted molar refractivity (Wildman–Crippen MR) is 126 cm³/mol. The average molecular weight is 547 g/mol. The third-order valence-corrected chi connectivity index (χ3v) is 12.8. The number of halogens is 3. The number of benzene rings is 2. The first-order valence-corrected chi connectivity index (χ1v) is 14.6. The molecule has 2 saturated heterocycles. The van der Waals surface area contributed by atoms with Crippen molar-refractivity contribution in [1.29, 1.82) is 0 Å². The molecule has 0 N–H and O–H groups in total. The van der Waals surface area contributed by atoms with Gasteiger partial charge in [-0.3, -0.25) is 0 Å². The van der Waals surface area contributed by atoms with Gasteiger partial charge in [-0.1, -0.05) is 18.5 Å². The second-order valence-corrected chi connectivity index (χ2v) is 13.9. The first-order chi connectivity index (χ1) is 16.4. The molecule has 12 heteroatoms. The standard InChI is InChI=1S/C23H25ClF2N2O5S2/c1-3-27-13-12-22(2)10-11-23(34(29,30)16-6-4-15(24)5-7-16)19(28(22)35(27,31)32)14-33-21-18(26)9-8-17(25)20(21)23/h4-9,19H,3,10-14H2,1-2H3/t19-,22+,23?/m0/s1. The maximum atomic E-state index is 15.5. The molecule has 0 amide bonds. The SMILES string of the molecule is CCN1CC[C@@]2(C)CCC3(S(=O)(=O)c4ccc(Cl)cc4)c4c(F)ccc(F)c4OC[C@@H]3N2S1(=O)=O. The van der Waals surface area contributed by atoms with Crippen LogP contribution in [0.2, 0.25) is 5.02 Å². The second kappa shape index (κ2) is 8.11. The molecule has 2 aromatic rings. The molecule has 190 valence electrons. The Morgan fingerprint density at radius 3 is 2.40 bits per heavy atom. The molecule has 5 rings (SSSR count). The first kappa shape index (κ1) is 24.9. The molecule has 3 aliphatic heterocycles. The molecule has 0 radical (unpaired) electrons. The molecule has 7 nitrogen and oxygen atoms in total. The van der Waals surface area contributed by atoms with Gasteiger partial charge >= 0.3 is 0 Å². The fraction of sp³-hybridized carbons (Fsp3) is 0.478. The lowest BCUT2D eigenvalue weighted by Gasteiger charge is -2.60. The van der Waals surface area contributed by atoms with E-state index in [1.165, 1.54) is 32.9 Å². The Bertz CT molecular complexity index is 1400. The van der Waals surface area contributed by atoms with Crippen LogP contribution in [0.25, 0.3) is 0 Å². The van der Waals surface area contributed by atoms with Crippen molar-refractivity contribution >= 4 is 31.6 Å². The first-order valence-electron chi connectivity index (χ1n) is 11.3. The zero-order chi connectivity index (χ0) is 25.4. The topological polar surface area (TPSA) is 84.0 Å². The number of hydrogen-bond donors (Lipinski definition) is 0. The highest BCUT2D eigenvalue weighted by Gasteiger charge is 2.68. The minimum Gasteiger partial charge on any atom is -0.488 e. The monoisotopic (exact) mass is 546 g/mol. The van der Waals surface area contributed by atoms with E-state index in [-0.39, 0.29) is 30.8 Å². The van der Waals surface area contributed by atoms with Gasteiger partial charge in [0.25, 0.3) is 10.2 Å². The minimum absolute atomic E-state index is 0.103. The predicted octanol–water partition coefficient (Wildman–Crippen LogP) is 3.87. The van der Waals surface area contributed by atoms with Gasteiger partial charge in [-0.05, 0) is 62.6 Å². The lowest BCUT2D eigenvalue weighted by molar-refractivity contribution is -0.00365. The lowest BCUT2D eigenvalue weighted by atomic mass is 9.74. The minimum atomic E-state index is -4.47. The van der Waals surface area contributed by atoms with E-state index in [0.29, 0.717) is 11.4 Å². The third kappa shape index (κ3) is 3.31. The van der Waals surface area contributed by atoms with E-state index < -0.39 is 65.9 Å². The summed E-state index contributed by atoms with van der Waals surface area (Å²) < 4.78 is 92.7. The van der Waals surface area contributed by atoms with Crippen molar-refractivity contribution in [2.24, 2.45) is 0 Å². The summed E-state index contributed by atoms with van der Waals surface area (Å²) in [5.41, 5.74) is -1.37. The highest BCUT2D eigenvalue weighted by Crippen LogP contribution is 2.58. The van der Waals surface area contributed by atoms with Crippen LogP contribution in [0.4, 0.5) is 8.78 Å². The summed E-state index contributed by atoms with van der Waals surface area (Å²) in [6.45, 7) is 3.51. The van der Waals surface area contributed by atoms with E-state index in [1.807, 2.05) is 0 Å². The number of hydrogen-bond acceptors (Lipinski definition) is 5. The van der Waals surface area contributed by atoms with Gasteiger partial charge in [0.2, 0.25) is 0 Å². The molecule has 1 unspecified atom stereocenters. The Labute approximate surface area is 208 Å². The van der Waals surface area contributed by atoms with Crippen LogP contribution in [0.1, 0.15) is 38.7 Å². The zero-order valence-electron chi connectivity index (χ0n) is 19.2. The Kier molecular flexibility index (Phi) is 5.76. The normalized spacial score (nSPS) is 30.6. The van der Waals surface area contributed by atoms with E-state index in [4.69, 9.17) is 16.3 Å². The van der Waals surface area contributed by atoms with E-state index in [2.05, 4.69) is 0 Å². The summed E-state index contributed by atoms with van der Waals surface area (Å²) in [4.78, 5) is -0.159. The molecule has 0 aliphatic carbocycles. The molecule has 0 saturated carbocycles. The number of piperidine rings is 1. The molecular formula is C23H25ClF2N2O5S2. The highest BCUT2D eigenvalue weighted by molar-refractivity contribution is 7.92. The van der Waals surface area contributed by atoms with E-state index in [9.17, 15) is 21.2 Å². The maximum absolute atomic E-state index is 15.5. The van der Waals surface area contributed by atoms with E-state index in [1.54, 1.807) is 13.8 Å². The van der Waals surface area contributed by atoms with Crippen molar-refractivity contribution in [2.75, 3.05) is 19.7 Å². The number of nitrogens with zero attached hydrogens (tertiary/aromatic N) is 2. The smallest absolute Gasteiger partial charge is 0.282 e. The molecule has 3 heterocycles. The van der Waals surface area contributed by atoms with Crippen molar-refractivity contribution in [3.05, 3.63) is 58.6 Å². The molecule has 2 aromatic carbocycles. The fourth-order valence-electron chi connectivity index (χ4n) is 5.90. The Morgan fingerprint density at radius 2 is 1.74 bits per heavy atom. The van der Waals surface area contributed by atoms with Crippen molar-refractivity contribution in [3.8, 4) is 5.75 Å². The lowest BCUT2D eigenvalue weighted by Crippen LogP contribution is -2.74. The van der Waals surface area contributed by atoms with Crippen LogP contribution >= 0.6 is 11.6 Å². The third-order valence-electron chi connectivity index (χ3n) is 7.69. The van der Waals surface area contributed by atoms with Gasteiger partial charge in [0.15, 0.2) is 21.4 Å². The van der Waals surface area contributed by atoms with Crippen molar-refractivity contribution in [2.45, 2.75) is 54.3 Å². The van der Waals surface area contributed by atoms with E-state index in [0.717, 1.165) is 12.1 Å². The maximum Gasteiger partial charge on any atom is 0.282 e. The van der Waals surface area contributed by atoms with Crippen molar-refractivity contribution in [1.82, 2.24) is 8.61 Å². The Hall–Kier alpha value is -1.79. The molecule has 0 bridgehead atoms. The molecule has 0 aromatic heterocycles. The highest BCUT2D eigenvalue weighted by atomic mass is 35.5. The summed E-state index contributed by atoms with van der Waals surface area (Å²) in [7, 11) is -8.61. The Balaban J connectivity index is 1.84. The van der Waals surface area contributed by atoms with Gasteiger partial charge in [0.05, 0.1) is 16.5 Å². The van der Waals surface area contributed by atoms with Crippen molar-refractivity contribution < 1.29 is 30.4 Å². The van der Waals surface area contributed by atoms with Gasteiger partial charge in [0, 0.05) is 23.7 Å². The summed E-state index contributed by atoms with van der Waals surface area (Å²) in [5, 5.41) is 0.302. The number of fused-ring (bicyclic) bond motifs is 5. The average Bonchev–Trinajstić information content (AvgIpc) is 2.80. The molecular weight excluding hydrogens is 522 g/mol. The van der Waals surface area contributed by atoms with Crippen LogP contribution in [0, 0.1) is 11.6 Å². The van der Waals surface area contributed by atoms with Crippen LogP contribution in [0.15, 0.2) is 41.3 Å². The largest absolute Gasteiger partial charge is 0.488 e. The molecule has 3 atom stereocenters. The van der Waals surface area contributed by atoms with Crippen LogP contribution in [0.3, 0.4) is 0 Å². The van der Waals surface area contributed by atoms with Gasteiger partial charge in [0.1, 0.15) is 17.2 Å². The van der Waals surface area contributed by atoms with Crippen molar-refractivity contribution in [3.63, 3.8) is 0 Å². The molecule has 2 fully saturated rings. The fourth-order valence-corrected chi connectivity index (χ4v) is 10.6. The van der Waals surface area contributed by atoms with Gasteiger partial charge < -0.3 is 4.74 Å². The van der Waals surface area contributed by atoms with Gasteiger partial charge in [-0.15, -0.1) is 0 Å². The summed E-state index contributed by atoms with van der Waals surface area (Å²) in [6.07, 6.45) is 0.503. The quantitative estimate of drug-likeness (QED) is 0.583. The second-order valence-electron chi connectivity index (χ2n) is 9.45. The number of sulfone groups is 1. The summed E-state index contributed by atoms with van der Waals surface area (Å²) in [6, 6.07) is 5.80. The molecule has 3 aliphatic rings. The van der Waals surface area contributed by atoms with Crippen LogP contribution < -0.4 is 4.74 Å².